The van der Waals surface area contributed by atoms with Crippen LogP contribution in [0.25, 0.3) is 0 Å². The molecule has 0 saturated carbocycles. The Bertz CT molecular complexity index is 1230. The highest BCUT2D eigenvalue weighted by atomic mass is 31.2. The van der Waals surface area contributed by atoms with Crippen molar-refractivity contribution in [1.29, 1.82) is 0 Å². The van der Waals surface area contributed by atoms with Gasteiger partial charge in [-0.15, -0.1) is 0 Å². The van der Waals surface area contributed by atoms with Crippen LogP contribution in [0.4, 0.5) is 0 Å². The van der Waals surface area contributed by atoms with E-state index in [1.807, 2.05) is 0 Å². The Morgan fingerprint density at radius 1 is 0.441 bits per heavy atom. The van der Waals surface area contributed by atoms with Crippen molar-refractivity contribution in [2.75, 3.05) is 26.4 Å². The minimum Gasteiger partial charge on any atom is -0.462 e. The monoisotopic (exact) mass is 982 g/mol. The van der Waals surface area contributed by atoms with Crippen molar-refractivity contribution in [3.63, 3.8) is 0 Å². The lowest BCUT2D eigenvalue weighted by atomic mass is 10.0. The number of phosphoric ester groups is 1. The van der Waals surface area contributed by atoms with E-state index in [4.69, 9.17) is 18.5 Å². The third kappa shape index (κ3) is 51.8. The Kier molecular flexibility index (Phi) is 51.3. The molecule has 1 unspecified atom stereocenters. The quantitative estimate of drug-likeness (QED) is 0.0264. The van der Waals surface area contributed by atoms with Crippen LogP contribution in [-0.2, 0) is 37.5 Å². The van der Waals surface area contributed by atoms with Gasteiger partial charge in [-0.25, -0.2) is 4.57 Å². The topological polar surface area (TPSA) is 137 Å². The molecule has 0 saturated heterocycles. The lowest BCUT2D eigenvalue weighted by Gasteiger charge is -2.20. The molecule has 0 heterocycles. The maximum absolute atomic E-state index is 12.8. The second-order valence-corrected chi connectivity index (χ2v) is 20.9. The predicted octanol–water partition coefficient (Wildman–Crippen LogP) is 17.2. The van der Waals surface area contributed by atoms with Gasteiger partial charge in [0.25, 0.3) is 0 Å². The fourth-order valence-electron chi connectivity index (χ4n) is 8.26. The summed E-state index contributed by atoms with van der Waals surface area (Å²) in [4.78, 5) is 48.2. The molecule has 0 aliphatic rings. The summed E-state index contributed by atoms with van der Waals surface area (Å²) in [5.74, 6) is -0.990. The van der Waals surface area contributed by atoms with Crippen LogP contribution in [0.5, 0.6) is 0 Å². The largest absolute Gasteiger partial charge is 0.472 e. The van der Waals surface area contributed by atoms with Crippen LogP contribution in [0.1, 0.15) is 290 Å². The van der Waals surface area contributed by atoms with Crippen LogP contribution in [0.3, 0.4) is 0 Å². The summed E-state index contributed by atoms with van der Waals surface area (Å²) in [7, 11) is -4.54. The molecule has 68 heavy (non-hydrogen) atoms. The Hall–Kier alpha value is -2.00. The fraction of sp³-hybridized carbons (Fsp3) is 0.877. The molecule has 2 atom stereocenters. The molecule has 1 amide bonds. The molecule has 2 N–H and O–H groups in total. The number of allylic oxidation sites excluding steroid dienone is 4. The van der Waals surface area contributed by atoms with Crippen LogP contribution in [0, 0.1) is 0 Å². The third-order valence-corrected chi connectivity index (χ3v) is 13.6. The highest BCUT2D eigenvalue weighted by molar-refractivity contribution is 7.47. The average molecular weight is 982 g/mol. The van der Waals surface area contributed by atoms with Gasteiger partial charge in [0, 0.05) is 25.8 Å². The highest BCUT2D eigenvalue weighted by Gasteiger charge is 2.26. The van der Waals surface area contributed by atoms with Crippen LogP contribution in [-0.4, -0.2) is 55.2 Å². The lowest BCUT2D eigenvalue weighted by molar-refractivity contribution is -0.161. The van der Waals surface area contributed by atoms with Gasteiger partial charge in [-0.2, -0.15) is 0 Å². The van der Waals surface area contributed by atoms with Gasteiger partial charge >= 0.3 is 19.8 Å². The molecule has 0 bridgehead atoms. The van der Waals surface area contributed by atoms with Crippen molar-refractivity contribution in [2.45, 2.75) is 297 Å². The number of hydrogen-bond donors (Lipinski definition) is 2. The van der Waals surface area contributed by atoms with E-state index in [-0.39, 0.29) is 38.5 Å². The fourth-order valence-corrected chi connectivity index (χ4v) is 9.01. The minimum atomic E-state index is -4.54. The summed E-state index contributed by atoms with van der Waals surface area (Å²) in [6.45, 7) is 5.84. The molecule has 0 aromatic rings. The molecule has 0 spiro atoms. The first-order valence-corrected chi connectivity index (χ1v) is 30.3. The number of unbranched alkanes of at least 4 members (excludes halogenated alkanes) is 34. The second kappa shape index (κ2) is 52.8. The maximum atomic E-state index is 12.8. The minimum absolute atomic E-state index is 0.0630. The lowest BCUT2D eigenvalue weighted by Crippen LogP contribution is -2.30. The number of phosphoric acid groups is 1. The first kappa shape index (κ1) is 66.0. The van der Waals surface area contributed by atoms with E-state index >= 15 is 0 Å². The molecule has 0 aromatic carbocycles. The van der Waals surface area contributed by atoms with Gasteiger partial charge in [-0.1, -0.05) is 225 Å². The average Bonchev–Trinajstić information content (AvgIpc) is 3.32. The van der Waals surface area contributed by atoms with E-state index in [0.29, 0.717) is 19.3 Å². The molecule has 0 aliphatic carbocycles. The number of carbonyl (C=O) groups is 3. The number of nitrogens with one attached hydrogen (secondary N) is 1. The first-order chi connectivity index (χ1) is 33.2. The van der Waals surface area contributed by atoms with Gasteiger partial charge in [0.05, 0.1) is 13.2 Å². The van der Waals surface area contributed by atoms with E-state index in [9.17, 15) is 23.8 Å². The Balaban J connectivity index is 4.53. The van der Waals surface area contributed by atoms with E-state index in [2.05, 4.69) is 50.4 Å². The smallest absolute Gasteiger partial charge is 0.462 e. The molecule has 0 aliphatic heterocycles. The van der Waals surface area contributed by atoms with E-state index in [1.165, 1.54) is 154 Å². The predicted molar refractivity (Wildman–Crippen MR) is 285 cm³/mol. The Labute approximate surface area is 419 Å². The van der Waals surface area contributed by atoms with Gasteiger partial charge in [-0.05, 0) is 70.6 Å². The Morgan fingerprint density at radius 3 is 1.18 bits per heavy atom. The summed E-state index contributed by atoms with van der Waals surface area (Å²) >= 11 is 0. The molecule has 0 aromatic heterocycles. The third-order valence-electron chi connectivity index (χ3n) is 12.6. The highest BCUT2D eigenvalue weighted by Crippen LogP contribution is 2.43. The van der Waals surface area contributed by atoms with Crippen LogP contribution in [0.15, 0.2) is 24.3 Å². The SMILES string of the molecule is CCCCCCCC/C=C\CCCCCCCC(=O)OC[C@H](COP(=O)(O)OCCNC(=O)CCCCCCCCCCCCCCC)OC(=O)CCCCCCC/C=C\CCCCCCCC. The molecule has 400 valence electrons. The van der Waals surface area contributed by atoms with Crippen molar-refractivity contribution in [2.24, 2.45) is 0 Å². The number of ether oxygens (including phenoxy) is 2. The first-order valence-electron chi connectivity index (χ1n) is 28.8. The standard InChI is InChI=1S/C57H108NO9P/c1-4-7-10-13-16-19-22-25-27-30-33-36-39-42-45-48-56(60)64-52-54(67-57(61)49-46-43-40-37-34-31-28-26-23-20-17-14-11-8-5-2)53-66-68(62,63)65-51-50-58-55(59)47-44-41-38-35-32-29-24-21-18-15-12-9-6-3/h25-28,54H,4-24,29-53H2,1-3H3,(H,58,59)(H,62,63)/b27-25-,28-26-/t54-/m1/s1. The molecule has 11 heteroatoms. The van der Waals surface area contributed by atoms with Gasteiger partial charge in [0.15, 0.2) is 6.10 Å². The number of hydrogen-bond acceptors (Lipinski definition) is 8. The Morgan fingerprint density at radius 2 is 0.779 bits per heavy atom. The van der Waals surface area contributed by atoms with E-state index in [0.717, 1.165) is 83.5 Å². The molecule has 0 radical (unpaired) electrons. The van der Waals surface area contributed by atoms with Gasteiger partial charge in [-0.3, -0.25) is 23.4 Å². The zero-order valence-corrected chi connectivity index (χ0v) is 45.5. The van der Waals surface area contributed by atoms with Crippen molar-refractivity contribution >= 4 is 25.7 Å². The molecule has 10 nitrogen and oxygen atoms in total. The van der Waals surface area contributed by atoms with Gasteiger partial charge in [0.1, 0.15) is 6.61 Å². The molecular weight excluding hydrogens is 874 g/mol. The van der Waals surface area contributed by atoms with Gasteiger partial charge < -0.3 is 19.7 Å². The number of carbonyl (C=O) groups excluding carboxylic acids is 3. The summed E-state index contributed by atoms with van der Waals surface area (Å²) in [6.07, 6.45) is 55.3. The van der Waals surface area contributed by atoms with Crippen molar-refractivity contribution < 1.29 is 42.4 Å². The second-order valence-electron chi connectivity index (χ2n) is 19.4. The van der Waals surface area contributed by atoms with E-state index in [1.54, 1.807) is 0 Å². The maximum Gasteiger partial charge on any atom is 0.472 e. The van der Waals surface area contributed by atoms with Crippen LogP contribution in [0.2, 0.25) is 0 Å². The zero-order valence-electron chi connectivity index (χ0n) is 44.6. The van der Waals surface area contributed by atoms with Gasteiger partial charge in [0.2, 0.25) is 5.91 Å². The van der Waals surface area contributed by atoms with Crippen molar-refractivity contribution in [3.8, 4) is 0 Å². The molecule has 0 fully saturated rings. The van der Waals surface area contributed by atoms with Crippen LogP contribution >= 0.6 is 7.82 Å². The summed E-state index contributed by atoms with van der Waals surface area (Å²) in [5.41, 5.74) is 0. The zero-order chi connectivity index (χ0) is 49.7. The van der Waals surface area contributed by atoms with E-state index < -0.39 is 32.5 Å². The summed E-state index contributed by atoms with van der Waals surface area (Å²) in [5, 5.41) is 2.74. The number of rotatable bonds is 54. The summed E-state index contributed by atoms with van der Waals surface area (Å²) in [6, 6.07) is 0. The number of esters is 2. The van der Waals surface area contributed by atoms with Crippen molar-refractivity contribution in [1.82, 2.24) is 5.32 Å². The number of amides is 1. The van der Waals surface area contributed by atoms with Crippen LogP contribution < -0.4 is 5.32 Å². The normalized spacial score (nSPS) is 13.1. The molecule has 0 rings (SSSR count). The molecular formula is C57H108NO9P. The van der Waals surface area contributed by atoms with Crippen molar-refractivity contribution in [3.05, 3.63) is 24.3 Å². The summed E-state index contributed by atoms with van der Waals surface area (Å²) < 4.78 is 34.1.